The number of amides is 1. The van der Waals surface area contributed by atoms with E-state index in [2.05, 4.69) is 4.90 Å². The van der Waals surface area contributed by atoms with Gasteiger partial charge in [-0.05, 0) is 60.9 Å². The molecule has 0 bridgehead atoms. The van der Waals surface area contributed by atoms with Crippen molar-refractivity contribution in [1.29, 1.82) is 0 Å². The Bertz CT molecular complexity index is 871. The Kier molecular flexibility index (Phi) is 6.18. The molecular formula is C22H24Cl2N2O3. The van der Waals surface area contributed by atoms with Gasteiger partial charge in [0.2, 0.25) is 5.91 Å². The Hall–Kier alpha value is -1.95. The first kappa shape index (κ1) is 20.3. The predicted molar refractivity (Wildman–Crippen MR) is 115 cm³/mol. The van der Waals surface area contributed by atoms with E-state index in [9.17, 15) is 9.90 Å². The Morgan fingerprint density at radius 3 is 2.55 bits per heavy atom. The Morgan fingerprint density at radius 2 is 1.83 bits per heavy atom. The molecule has 1 atom stereocenters. The van der Waals surface area contributed by atoms with E-state index >= 15 is 0 Å². The van der Waals surface area contributed by atoms with Gasteiger partial charge < -0.3 is 19.6 Å². The van der Waals surface area contributed by atoms with Crippen LogP contribution in [0.2, 0.25) is 10.0 Å². The summed E-state index contributed by atoms with van der Waals surface area (Å²) in [7, 11) is 0. The summed E-state index contributed by atoms with van der Waals surface area (Å²) in [5, 5.41) is 11.9. The molecule has 154 valence electrons. The van der Waals surface area contributed by atoms with Gasteiger partial charge in [0.25, 0.3) is 0 Å². The van der Waals surface area contributed by atoms with Crippen LogP contribution in [-0.2, 0) is 11.3 Å². The van der Waals surface area contributed by atoms with E-state index in [0.717, 1.165) is 24.1 Å². The fourth-order valence-corrected chi connectivity index (χ4v) is 4.02. The van der Waals surface area contributed by atoms with Crippen molar-refractivity contribution >= 4 is 34.8 Å². The first-order valence-corrected chi connectivity index (χ1v) is 10.6. The van der Waals surface area contributed by atoms with Crippen LogP contribution in [0.1, 0.15) is 24.8 Å². The van der Waals surface area contributed by atoms with Crippen LogP contribution >= 0.6 is 23.2 Å². The van der Waals surface area contributed by atoms with Gasteiger partial charge in [-0.1, -0.05) is 23.2 Å². The standard InChI is InChI=1S/C22H24Cl2N2O3/c23-16-1-6-20(7-2-16)29-14-19(27)13-25-10-9-22(28)26(18-4-5-18)12-15-11-17(24)3-8-21(15)25/h1-3,6-8,11,18-19,27H,4-5,9-10,12-14H2. The topological polar surface area (TPSA) is 53.0 Å². The number of hydrogen-bond acceptors (Lipinski definition) is 4. The van der Waals surface area contributed by atoms with E-state index in [1.807, 2.05) is 23.1 Å². The van der Waals surface area contributed by atoms with Gasteiger partial charge in [0.05, 0.1) is 0 Å². The first-order valence-electron chi connectivity index (χ1n) is 9.89. The van der Waals surface area contributed by atoms with E-state index in [-0.39, 0.29) is 12.5 Å². The largest absolute Gasteiger partial charge is 0.491 e. The second-order valence-electron chi connectivity index (χ2n) is 7.64. The molecular weight excluding hydrogens is 411 g/mol. The minimum absolute atomic E-state index is 0.156. The fraction of sp³-hybridized carbons (Fsp3) is 0.409. The van der Waals surface area contributed by atoms with Crippen molar-refractivity contribution in [2.75, 3.05) is 24.6 Å². The number of carbonyl (C=O) groups excluding carboxylic acids is 1. The number of ether oxygens (including phenoxy) is 1. The zero-order chi connectivity index (χ0) is 20.4. The smallest absolute Gasteiger partial charge is 0.224 e. The summed E-state index contributed by atoms with van der Waals surface area (Å²) in [6.07, 6.45) is 1.88. The van der Waals surface area contributed by atoms with Gasteiger partial charge in [0.1, 0.15) is 18.5 Å². The van der Waals surface area contributed by atoms with E-state index in [4.69, 9.17) is 27.9 Å². The highest BCUT2D eigenvalue weighted by Gasteiger charge is 2.34. The van der Waals surface area contributed by atoms with Crippen LogP contribution in [0, 0.1) is 0 Å². The maximum atomic E-state index is 12.7. The van der Waals surface area contributed by atoms with Crippen LogP contribution in [0.3, 0.4) is 0 Å². The normalized spacial score (nSPS) is 18.1. The molecule has 5 nitrogen and oxygen atoms in total. The summed E-state index contributed by atoms with van der Waals surface area (Å²) in [6, 6.07) is 13.2. The van der Waals surface area contributed by atoms with E-state index < -0.39 is 6.10 Å². The third kappa shape index (κ3) is 5.16. The van der Waals surface area contributed by atoms with Crippen molar-refractivity contribution < 1.29 is 14.6 Å². The molecule has 1 unspecified atom stereocenters. The molecule has 1 fully saturated rings. The fourth-order valence-electron chi connectivity index (χ4n) is 3.69. The second kappa shape index (κ2) is 8.82. The van der Waals surface area contributed by atoms with Gasteiger partial charge in [-0.15, -0.1) is 0 Å². The Labute approximate surface area is 180 Å². The molecule has 1 N–H and O–H groups in total. The molecule has 1 saturated carbocycles. The summed E-state index contributed by atoms with van der Waals surface area (Å²) in [4.78, 5) is 16.7. The lowest BCUT2D eigenvalue weighted by Crippen LogP contribution is -2.42. The maximum Gasteiger partial charge on any atom is 0.224 e. The number of benzene rings is 2. The monoisotopic (exact) mass is 434 g/mol. The molecule has 1 aliphatic heterocycles. The average molecular weight is 435 g/mol. The summed E-state index contributed by atoms with van der Waals surface area (Å²) < 4.78 is 5.67. The van der Waals surface area contributed by atoms with Crippen molar-refractivity contribution in [2.45, 2.75) is 38.0 Å². The van der Waals surface area contributed by atoms with E-state index in [1.54, 1.807) is 24.3 Å². The van der Waals surface area contributed by atoms with Crippen LogP contribution in [0.15, 0.2) is 42.5 Å². The SMILES string of the molecule is O=C1CCN(CC(O)COc2ccc(Cl)cc2)c2ccc(Cl)cc2CN1C1CC1. The lowest BCUT2D eigenvalue weighted by Gasteiger charge is -2.34. The number of anilines is 1. The minimum Gasteiger partial charge on any atom is -0.491 e. The van der Waals surface area contributed by atoms with Gasteiger partial charge in [0.15, 0.2) is 0 Å². The number of rotatable bonds is 6. The molecule has 1 aliphatic carbocycles. The highest BCUT2D eigenvalue weighted by Crippen LogP contribution is 2.34. The summed E-state index contributed by atoms with van der Waals surface area (Å²) >= 11 is 12.1. The molecule has 2 aromatic carbocycles. The predicted octanol–water partition coefficient (Wildman–Crippen LogP) is 4.13. The van der Waals surface area contributed by atoms with Gasteiger partial charge in [0, 0.05) is 47.8 Å². The van der Waals surface area contributed by atoms with Crippen molar-refractivity contribution in [3.63, 3.8) is 0 Å². The molecule has 2 aliphatic rings. The molecule has 4 rings (SSSR count). The highest BCUT2D eigenvalue weighted by atomic mass is 35.5. The van der Waals surface area contributed by atoms with Crippen molar-refractivity contribution in [2.24, 2.45) is 0 Å². The summed E-state index contributed by atoms with van der Waals surface area (Å²) in [5.74, 6) is 0.818. The molecule has 2 aromatic rings. The number of aliphatic hydroxyl groups is 1. The number of fused-ring (bicyclic) bond motifs is 1. The van der Waals surface area contributed by atoms with Gasteiger partial charge in [-0.3, -0.25) is 4.79 Å². The second-order valence-corrected chi connectivity index (χ2v) is 8.51. The van der Waals surface area contributed by atoms with Crippen LogP contribution in [0.25, 0.3) is 0 Å². The summed E-state index contributed by atoms with van der Waals surface area (Å²) in [5.41, 5.74) is 2.03. The molecule has 0 saturated heterocycles. The Balaban J connectivity index is 1.46. The van der Waals surface area contributed by atoms with Crippen LogP contribution in [-0.4, -0.2) is 47.8 Å². The van der Waals surface area contributed by atoms with Crippen LogP contribution in [0.5, 0.6) is 5.75 Å². The lowest BCUT2D eigenvalue weighted by atomic mass is 10.1. The average Bonchev–Trinajstić information content (AvgIpc) is 3.53. The van der Waals surface area contributed by atoms with Crippen molar-refractivity contribution in [3.8, 4) is 5.75 Å². The number of halogens is 2. The zero-order valence-corrected chi connectivity index (χ0v) is 17.6. The third-order valence-corrected chi connectivity index (χ3v) is 5.80. The van der Waals surface area contributed by atoms with E-state index in [1.165, 1.54) is 0 Å². The number of aliphatic hydroxyl groups excluding tert-OH is 1. The third-order valence-electron chi connectivity index (χ3n) is 5.31. The van der Waals surface area contributed by atoms with Gasteiger partial charge in [-0.25, -0.2) is 0 Å². The number of β-amino-alcohol motifs (C(OH)–C–C–N with tert-alkyl or cyclic N) is 1. The lowest BCUT2D eigenvalue weighted by molar-refractivity contribution is -0.132. The molecule has 29 heavy (non-hydrogen) atoms. The maximum absolute atomic E-state index is 12.7. The minimum atomic E-state index is -0.705. The number of carbonyl (C=O) groups is 1. The molecule has 0 radical (unpaired) electrons. The van der Waals surface area contributed by atoms with E-state index in [0.29, 0.717) is 47.9 Å². The quantitative estimate of drug-likeness (QED) is 0.742. The molecule has 1 heterocycles. The van der Waals surface area contributed by atoms with Crippen LogP contribution < -0.4 is 9.64 Å². The first-order chi connectivity index (χ1) is 14.0. The number of nitrogens with zero attached hydrogens (tertiary/aromatic N) is 2. The Morgan fingerprint density at radius 1 is 1.10 bits per heavy atom. The molecule has 1 amide bonds. The molecule has 7 heteroatoms. The molecule has 0 spiro atoms. The van der Waals surface area contributed by atoms with Crippen molar-refractivity contribution in [3.05, 3.63) is 58.1 Å². The number of hydrogen-bond donors (Lipinski definition) is 1. The summed E-state index contributed by atoms with van der Waals surface area (Å²) in [6.45, 7) is 1.64. The van der Waals surface area contributed by atoms with Crippen molar-refractivity contribution in [1.82, 2.24) is 4.90 Å². The van der Waals surface area contributed by atoms with Gasteiger partial charge >= 0.3 is 0 Å². The molecule has 0 aromatic heterocycles. The highest BCUT2D eigenvalue weighted by molar-refractivity contribution is 6.31. The van der Waals surface area contributed by atoms with Gasteiger partial charge in [-0.2, -0.15) is 0 Å². The zero-order valence-electron chi connectivity index (χ0n) is 16.1. The van der Waals surface area contributed by atoms with Crippen LogP contribution in [0.4, 0.5) is 5.69 Å².